The summed E-state index contributed by atoms with van der Waals surface area (Å²) < 4.78 is 38.0. The Morgan fingerprint density at radius 2 is 1.94 bits per heavy atom. The van der Waals surface area contributed by atoms with Crippen LogP contribution < -0.4 is 5.32 Å². The van der Waals surface area contributed by atoms with Crippen LogP contribution in [0.3, 0.4) is 0 Å². The first-order valence-electron chi connectivity index (χ1n) is 6.34. The molecule has 1 saturated heterocycles. The van der Waals surface area contributed by atoms with Crippen LogP contribution in [0.15, 0.2) is 24.3 Å². The number of alkyl halides is 3. The third-order valence-electron chi connectivity index (χ3n) is 3.60. The van der Waals surface area contributed by atoms with Crippen molar-refractivity contribution in [1.82, 2.24) is 5.32 Å². The molecule has 18 heavy (non-hydrogen) atoms. The van der Waals surface area contributed by atoms with E-state index in [4.69, 9.17) is 0 Å². The van der Waals surface area contributed by atoms with Crippen molar-refractivity contribution >= 4 is 0 Å². The van der Waals surface area contributed by atoms with E-state index in [0.717, 1.165) is 17.5 Å². The molecule has 0 amide bonds. The van der Waals surface area contributed by atoms with Crippen molar-refractivity contribution < 1.29 is 13.2 Å². The van der Waals surface area contributed by atoms with Gasteiger partial charge in [0.25, 0.3) is 0 Å². The summed E-state index contributed by atoms with van der Waals surface area (Å²) in [6.07, 6.45) is -1.77. The third-order valence-corrected chi connectivity index (χ3v) is 3.60. The van der Waals surface area contributed by atoms with Crippen LogP contribution in [0, 0.1) is 6.92 Å². The third kappa shape index (κ3) is 3.25. The molecular formula is C14H18F3N. The Morgan fingerprint density at radius 1 is 1.22 bits per heavy atom. The zero-order valence-electron chi connectivity index (χ0n) is 10.4. The fourth-order valence-corrected chi connectivity index (χ4v) is 2.54. The van der Waals surface area contributed by atoms with E-state index in [1.54, 1.807) is 0 Å². The van der Waals surface area contributed by atoms with Crippen molar-refractivity contribution in [3.63, 3.8) is 0 Å². The summed E-state index contributed by atoms with van der Waals surface area (Å²) in [7, 11) is 0. The second-order valence-corrected chi connectivity index (χ2v) is 5.02. The largest absolute Gasteiger partial charge is 0.403 e. The van der Waals surface area contributed by atoms with Gasteiger partial charge in [0.15, 0.2) is 0 Å². The average molecular weight is 257 g/mol. The van der Waals surface area contributed by atoms with Crippen LogP contribution in [-0.4, -0.2) is 18.3 Å². The Labute approximate surface area is 105 Å². The van der Waals surface area contributed by atoms with Crippen LogP contribution in [0.4, 0.5) is 13.2 Å². The Kier molecular flexibility index (Phi) is 3.95. The lowest BCUT2D eigenvalue weighted by Gasteiger charge is -2.32. The first-order chi connectivity index (χ1) is 8.47. The van der Waals surface area contributed by atoms with Crippen molar-refractivity contribution in [1.29, 1.82) is 0 Å². The van der Waals surface area contributed by atoms with E-state index in [2.05, 4.69) is 5.32 Å². The zero-order chi connectivity index (χ0) is 13.2. The van der Waals surface area contributed by atoms with Crippen LogP contribution in [0.1, 0.15) is 30.4 Å². The van der Waals surface area contributed by atoms with Gasteiger partial charge in [-0.2, -0.15) is 13.2 Å². The van der Waals surface area contributed by atoms with Gasteiger partial charge in [0.1, 0.15) is 6.04 Å². The van der Waals surface area contributed by atoms with Crippen molar-refractivity contribution in [3.8, 4) is 0 Å². The lowest BCUT2D eigenvalue weighted by molar-refractivity contribution is -0.163. The molecule has 2 unspecified atom stereocenters. The first-order valence-corrected chi connectivity index (χ1v) is 6.34. The number of hydrogen-bond acceptors (Lipinski definition) is 1. The van der Waals surface area contributed by atoms with E-state index in [9.17, 15) is 13.2 Å². The molecule has 1 fully saturated rings. The quantitative estimate of drug-likeness (QED) is 0.853. The monoisotopic (exact) mass is 257 g/mol. The van der Waals surface area contributed by atoms with E-state index >= 15 is 0 Å². The average Bonchev–Trinajstić information content (AvgIpc) is 2.31. The van der Waals surface area contributed by atoms with Gasteiger partial charge in [-0.1, -0.05) is 24.3 Å². The summed E-state index contributed by atoms with van der Waals surface area (Å²) in [6.45, 7) is 2.00. The molecule has 1 aliphatic heterocycles. The number of aryl methyl sites for hydroxylation is 1. The van der Waals surface area contributed by atoms with Crippen molar-refractivity contribution in [2.45, 2.75) is 50.9 Å². The minimum Gasteiger partial charge on any atom is -0.303 e. The molecule has 0 saturated carbocycles. The van der Waals surface area contributed by atoms with Gasteiger partial charge in [-0.3, -0.25) is 0 Å². The SMILES string of the molecule is Cc1ccccc1CC1CCCC(C(F)(F)F)N1. The summed E-state index contributed by atoms with van der Waals surface area (Å²) in [6, 6.07) is 6.48. The number of halogens is 3. The van der Waals surface area contributed by atoms with Crippen LogP contribution in [0.2, 0.25) is 0 Å². The Hall–Kier alpha value is -1.03. The summed E-state index contributed by atoms with van der Waals surface area (Å²) in [5.74, 6) is 0. The van der Waals surface area contributed by atoms with Crippen LogP contribution in [-0.2, 0) is 6.42 Å². The van der Waals surface area contributed by atoms with Gasteiger partial charge in [0.2, 0.25) is 0 Å². The van der Waals surface area contributed by atoms with Gasteiger partial charge in [-0.15, -0.1) is 0 Å². The highest BCUT2D eigenvalue weighted by Gasteiger charge is 2.41. The topological polar surface area (TPSA) is 12.0 Å². The highest BCUT2D eigenvalue weighted by atomic mass is 19.4. The molecule has 100 valence electrons. The van der Waals surface area contributed by atoms with Crippen LogP contribution in [0.5, 0.6) is 0 Å². The lowest BCUT2D eigenvalue weighted by Crippen LogP contribution is -2.51. The molecular weight excluding hydrogens is 239 g/mol. The zero-order valence-corrected chi connectivity index (χ0v) is 10.4. The van der Waals surface area contributed by atoms with Crippen molar-refractivity contribution in [2.24, 2.45) is 0 Å². The van der Waals surface area contributed by atoms with Crippen molar-refractivity contribution in [3.05, 3.63) is 35.4 Å². The fourth-order valence-electron chi connectivity index (χ4n) is 2.54. The molecule has 0 spiro atoms. The van der Waals surface area contributed by atoms with Gasteiger partial charge < -0.3 is 5.32 Å². The van der Waals surface area contributed by atoms with Gasteiger partial charge in [-0.05, 0) is 43.7 Å². The lowest BCUT2D eigenvalue weighted by atomic mass is 9.92. The van der Waals surface area contributed by atoms with E-state index in [1.807, 2.05) is 31.2 Å². The molecule has 1 aromatic carbocycles. The minimum absolute atomic E-state index is 0.0634. The fraction of sp³-hybridized carbons (Fsp3) is 0.571. The van der Waals surface area contributed by atoms with Crippen LogP contribution in [0.25, 0.3) is 0 Å². The van der Waals surface area contributed by atoms with Gasteiger partial charge >= 0.3 is 6.18 Å². The van der Waals surface area contributed by atoms with E-state index in [-0.39, 0.29) is 12.5 Å². The second kappa shape index (κ2) is 5.31. The highest BCUT2D eigenvalue weighted by molar-refractivity contribution is 5.26. The van der Waals surface area contributed by atoms with E-state index < -0.39 is 12.2 Å². The summed E-state index contributed by atoms with van der Waals surface area (Å²) in [4.78, 5) is 0. The molecule has 1 aromatic rings. The van der Waals surface area contributed by atoms with E-state index in [0.29, 0.717) is 12.8 Å². The molecule has 4 heteroatoms. The molecule has 1 nitrogen and oxygen atoms in total. The normalized spacial score (nSPS) is 25.1. The smallest absolute Gasteiger partial charge is 0.303 e. The Bertz CT molecular complexity index is 400. The maximum Gasteiger partial charge on any atom is 0.403 e. The number of piperidine rings is 1. The molecule has 1 N–H and O–H groups in total. The molecule has 0 radical (unpaired) electrons. The minimum atomic E-state index is -4.12. The number of rotatable bonds is 2. The van der Waals surface area contributed by atoms with Crippen molar-refractivity contribution in [2.75, 3.05) is 0 Å². The number of nitrogens with one attached hydrogen (secondary N) is 1. The predicted molar refractivity (Wildman–Crippen MR) is 65.5 cm³/mol. The molecule has 2 atom stereocenters. The highest BCUT2D eigenvalue weighted by Crippen LogP contribution is 2.28. The molecule has 0 aromatic heterocycles. The van der Waals surface area contributed by atoms with Gasteiger partial charge in [0.05, 0.1) is 0 Å². The molecule has 0 bridgehead atoms. The predicted octanol–water partition coefficient (Wildman–Crippen LogP) is 3.61. The van der Waals surface area contributed by atoms with E-state index in [1.165, 1.54) is 0 Å². The number of benzene rings is 1. The Balaban J connectivity index is 2.00. The first kappa shape index (κ1) is 13.4. The molecule has 0 aliphatic carbocycles. The second-order valence-electron chi connectivity index (χ2n) is 5.02. The van der Waals surface area contributed by atoms with Gasteiger partial charge in [0, 0.05) is 6.04 Å². The maximum absolute atomic E-state index is 12.7. The summed E-state index contributed by atoms with van der Waals surface area (Å²) >= 11 is 0. The standard InChI is InChI=1S/C14H18F3N/c1-10-5-2-3-6-11(10)9-12-7-4-8-13(18-12)14(15,16)17/h2-3,5-6,12-13,18H,4,7-9H2,1H3. The Morgan fingerprint density at radius 3 is 2.61 bits per heavy atom. The maximum atomic E-state index is 12.7. The van der Waals surface area contributed by atoms with Crippen LogP contribution >= 0.6 is 0 Å². The van der Waals surface area contributed by atoms with Gasteiger partial charge in [-0.25, -0.2) is 0 Å². The molecule has 1 aliphatic rings. The number of hydrogen-bond donors (Lipinski definition) is 1. The molecule has 2 rings (SSSR count). The summed E-state index contributed by atoms with van der Waals surface area (Å²) in [5, 5.41) is 2.74. The molecule has 1 heterocycles. The summed E-state index contributed by atoms with van der Waals surface area (Å²) in [5.41, 5.74) is 2.28.